The number of halogens is 2. The Morgan fingerprint density at radius 1 is 1.17 bits per heavy atom. The number of amides is 1. The summed E-state index contributed by atoms with van der Waals surface area (Å²) < 4.78 is 19.5. The van der Waals surface area contributed by atoms with Gasteiger partial charge in [-0.1, -0.05) is 79.2 Å². The van der Waals surface area contributed by atoms with Crippen LogP contribution in [0.15, 0.2) is 67.5 Å². The SMILES string of the molecule is C=CCOC(=O)Nc1ccc([C@H]2O[C@@H](Cn3cnc(Cl)c3Cl)[C@@H](C)[C@@H](c3ccc(CO)cc3)O2)cc1. The number of benzene rings is 2. The van der Waals surface area contributed by atoms with Gasteiger partial charge in [0, 0.05) is 17.2 Å². The minimum atomic E-state index is -0.673. The molecule has 1 saturated heterocycles. The molecular weight excluding hydrogens is 505 g/mol. The number of hydrogen-bond donors (Lipinski definition) is 2. The van der Waals surface area contributed by atoms with E-state index in [1.165, 1.54) is 6.08 Å². The quantitative estimate of drug-likeness (QED) is 0.351. The number of rotatable bonds is 8. The molecule has 1 aromatic heterocycles. The van der Waals surface area contributed by atoms with E-state index in [4.69, 9.17) is 37.4 Å². The van der Waals surface area contributed by atoms with Crippen molar-refractivity contribution in [3.8, 4) is 0 Å². The molecule has 0 radical (unpaired) electrons. The number of aliphatic hydroxyl groups is 1. The average Bonchev–Trinajstić information content (AvgIpc) is 3.21. The van der Waals surface area contributed by atoms with Gasteiger partial charge in [0.05, 0.1) is 31.7 Å². The van der Waals surface area contributed by atoms with E-state index in [1.807, 2.05) is 36.4 Å². The lowest BCUT2D eigenvalue weighted by Gasteiger charge is -2.41. The second-order valence-electron chi connectivity index (χ2n) is 8.43. The number of hydrogen-bond acceptors (Lipinski definition) is 6. The molecule has 1 aliphatic rings. The standard InChI is InChI=1S/C26H27Cl2N3O5/c1-3-12-34-26(33)30-20-10-8-19(9-11-20)25-35-21(13-31-15-29-23(27)24(31)28)16(2)22(36-25)18-6-4-17(14-32)5-7-18/h3-11,15-16,21-22,25,32H,1,12-14H2,2H3,(H,30,33)/t16-,21+,22+,25+/m1/s1. The number of nitrogens with zero attached hydrogens (tertiary/aromatic N) is 2. The first-order valence-corrected chi connectivity index (χ1v) is 12.2. The third-order valence-corrected chi connectivity index (χ3v) is 6.76. The molecule has 0 spiro atoms. The van der Waals surface area contributed by atoms with Crippen LogP contribution >= 0.6 is 23.2 Å². The molecule has 0 saturated carbocycles. The van der Waals surface area contributed by atoms with Crippen molar-refractivity contribution < 1.29 is 24.1 Å². The van der Waals surface area contributed by atoms with Crippen molar-refractivity contribution in [1.82, 2.24) is 9.55 Å². The Hall–Kier alpha value is -2.88. The van der Waals surface area contributed by atoms with Gasteiger partial charge in [0.25, 0.3) is 0 Å². The van der Waals surface area contributed by atoms with Crippen molar-refractivity contribution in [2.45, 2.75) is 38.6 Å². The van der Waals surface area contributed by atoms with Crippen LogP contribution in [0.5, 0.6) is 0 Å². The van der Waals surface area contributed by atoms with Gasteiger partial charge in [-0.15, -0.1) is 0 Å². The molecule has 190 valence electrons. The lowest BCUT2D eigenvalue weighted by atomic mass is 9.90. The summed E-state index contributed by atoms with van der Waals surface area (Å²) >= 11 is 12.4. The minimum Gasteiger partial charge on any atom is -0.445 e. The molecule has 36 heavy (non-hydrogen) atoms. The Morgan fingerprint density at radius 2 is 1.86 bits per heavy atom. The lowest BCUT2D eigenvalue weighted by molar-refractivity contribution is -0.276. The zero-order chi connectivity index (χ0) is 25.7. The van der Waals surface area contributed by atoms with Gasteiger partial charge in [0.2, 0.25) is 0 Å². The zero-order valence-corrected chi connectivity index (χ0v) is 21.2. The van der Waals surface area contributed by atoms with E-state index in [2.05, 4.69) is 23.8 Å². The maximum absolute atomic E-state index is 11.8. The average molecular weight is 532 g/mol. The molecule has 0 unspecified atom stereocenters. The Bertz CT molecular complexity index is 1180. The number of aromatic nitrogens is 2. The molecule has 4 rings (SSSR count). The van der Waals surface area contributed by atoms with E-state index in [9.17, 15) is 9.90 Å². The fourth-order valence-corrected chi connectivity index (χ4v) is 4.32. The van der Waals surface area contributed by atoms with Gasteiger partial charge in [-0.05, 0) is 23.3 Å². The van der Waals surface area contributed by atoms with Crippen molar-refractivity contribution in [1.29, 1.82) is 0 Å². The van der Waals surface area contributed by atoms with E-state index in [0.29, 0.717) is 17.4 Å². The maximum Gasteiger partial charge on any atom is 0.411 e. The summed E-state index contributed by atoms with van der Waals surface area (Å²) in [4.78, 5) is 15.9. The van der Waals surface area contributed by atoms with Crippen LogP contribution in [-0.4, -0.2) is 33.5 Å². The van der Waals surface area contributed by atoms with E-state index in [1.54, 1.807) is 23.0 Å². The molecule has 8 nitrogen and oxygen atoms in total. The van der Waals surface area contributed by atoms with Crippen LogP contribution in [0, 0.1) is 5.92 Å². The van der Waals surface area contributed by atoms with Crippen molar-refractivity contribution >= 4 is 35.0 Å². The Morgan fingerprint density at radius 3 is 2.47 bits per heavy atom. The normalized spacial score (nSPS) is 21.7. The van der Waals surface area contributed by atoms with Crippen LogP contribution in [0.1, 0.15) is 36.0 Å². The second kappa shape index (κ2) is 11.9. The van der Waals surface area contributed by atoms with Gasteiger partial charge in [-0.25, -0.2) is 9.78 Å². The number of imidazole rings is 1. The predicted molar refractivity (Wildman–Crippen MR) is 137 cm³/mol. The molecule has 0 aliphatic carbocycles. The van der Waals surface area contributed by atoms with E-state index in [-0.39, 0.29) is 36.5 Å². The summed E-state index contributed by atoms with van der Waals surface area (Å²) in [6.45, 7) is 6.10. The largest absolute Gasteiger partial charge is 0.445 e. The number of ether oxygens (including phenoxy) is 3. The number of carbonyl (C=O) groups is 1. The summed E-state index contributed by atoms with van der Waals surface area (Å²) in [6.07, 6.45) is 1.28. The summed E-state index contributed by atoms with van der Waals surface area (Å²) in [5.74, 6) is -0.0426. The van der Waals surface area contributed by atoms with Crippen molar-refractivity contribution in [3.63, 3.8) is 0 Å². The summed E-state index contributed by atoms with van der Waals surface area (Å²) in [5, 5.41) is 12.7. The van der Waals surface area contributed by atoms with Crippen LogP contribution in [0.3, 0.4) is 0 Å². The van der Waals surface area contributed by atoms with Crippen LogP contribution < -0.4 is 5.32 Å². The van der Waals surface area contributed by atoms with Crippen molar-refractivity contribution in [2.24, 2.45) is 5.92 Å². The van der Waals surface area contributed by atoms with Crippen LogP contribution in [-0.2, 0) is 27.4 Å². The highest BCUT2D eigenvalue weighted by atomic mass is 35.5. The third-order valence-electron chi connectivity index (χ3n) is 5.99. The molecular formula is C26H27Cl2N3O5. The highest BCUT2D eigenvalue weighted by molar-refractivity contribution is 6.40. The molecule has 4 atom stereocenters. The molecule has 2 heterocycles. The van der Waals surface area contributed by atoms with Gasteiger partial charge in [0.15, 0.2) is 11.4 Å². The third kappa shape index (κ3) is 6.08. The number of anilines is 1. The lowest BCUT2D eigenvalue weighted by Crippen LogP contribution is -2.39. The van der Waals surface area contributed by atoms with Crippen LogP contribution in [0.2, 0.25) is 10.3 Å². The zero-order valence-electron chi connectivity index (χ0n) is 19.6. The molecule has 0 bridgehead atoms. The van der Waals surface area contributed by atoms with E-state index >= 15 is 0 Å². The Balaban J connectivity index is 1.57. The van der Waals surface area contributed by atoms with Gasteiger partial charge >= 0.3 is 6.09 Å². The van der Waals surface area contributed by atoms with E-state index in [0.717, 1.165) is 16.7 Å². The fourth-order valence-electron chi connectivity index (χ4n) is 4.00. The second-order valence-corrected chi connectivity index (χ2v) is 9.15. The Labute approximate surface area is 219 Å². The molecule has 1 amide bonds. The molecule has 10 heteroatoms. The summed E-state index contributed by atoms with van der Waals surface area (Å²) in [7, 11) is 0. The predicted octanol–water partition coefficient (Wildman–Crippen LogP) is 5.91. The smallest absolute Gasteiger partial charge is 0.411 e. The summed E-state index contributed by atoms with van der Waals surface area (Å²) in [6, 6.07) is 14.8. The number of carbonyl (C=O) groups excluding carboxylic acids is 1. The first kappa shape index (κ1) is 26.2. The highest BCUT2D eigenvalue weighted by Crippen LogP contribution is 2.42. The highest BCUT2D eigenvalue weighted by Gasteiger charge is 2.38. The summed E-state index contributed by atoms with van der Waals surface area (Å²) in [5.41, 5.74) is 3.14. The number of aliphatic hydroxyl groups excluding tert-OH is 1. The van der Waals surface area contributed by atoms with Crippen molar-refractivity contribution in [3.05, 3.63) is 94.5 Å². The van der Waals surface area contributed by atoms with Crippen LogP contribution in [0.25, 0.3) is 0 Å². The van der Waals surface area contributed by atoms with Crippen molar-refractivity contribution in [2.75, 3.05) is 11.9 Å². The molecule has 2 N–H and O–H groups in total. The van der Waals surface area contributed by atoms with Gasteiger partial charge in [0.1, 0.15) is 11.8 Å². The first-order valence-electron chi connectivity index (χ1n) is 11.4. The molecule has 1 fully saturated rings. The monoisotopic (exact) mass is 531 g/mol. The molecule has 3 aromatic rings. The van der Waals surface area contributed by atoms with E-state index < -0.39 is 12.4 Å². The van der Waals surface area contributed by atoms with Gasteiger partial charge in [-0.3, -0.25) is 5.32 Å². The maximum atomic E-state index is 11.8. The molecule has 2 aromatic carbocycles. The molecule has 1 aliphatic heterocycles. The Kier molecular flexibility index (Phi) is 8.66. The minimum absolute atomic E-state index is 0.0306. The topological polar surface area (TPSA) is 94.8 Å². The van der Waals surface area contributed by atoms with Crippen LogP contribution in [0.4, 0.5) is 10.5 Å². The fraction of sp³-hybridized carbons (Fsp3) is 0.308. The van der Waals surface area contributed by atoms with Gasteiger partial charge in [-0.2, -0.15) is 0 Å². The number of nitrogens with one attached hydrogen (secondary N) is 1. The van der Waals surface area contributed by atoms with Gasteiger partial charge < -0.3 is 23.9 Å². The first-order chi connectivity index (χ1) is 17.4.